The van der Waals surface area contributed by atoms with E-state index in [-0.39, 0.29) is 5.91 Å². The first-order valence-corrected chi connectivity index (χ1v) is 10.6. The lowest BCUT2D eigenvalue weighted by Gasteiger charge is -2.25. The van der Waals surface area contributed by atoms with Crippen molar-refractivity contribution in [1.29, 1.82) is 0 Å². The van der Waals surface area contributed by atoms with Crippen LogP contribution >= 0.6 is 11.8 Å². The van der Waals surface area contributed by atoms with Gasteiger partial charge in [0.1, 0.15) is 5.76 Å². The maximum absolute atomic E-state index is 12.6. The van der Waals surface area contributed by atoms with Crippen LogP contribution < -0.4 is 0 Å². The fourth-order valence-electron chi connectivity index (χ4n) is 3.58. The van der Waals surface area contributed by atoms with Crippen LogP contribution in [0.5, 0.6) is 0 Å². The van der Waals surface area contributed by atoms with Gasteiger partial charge < -0.3 is 13.7 Å². The molecule has 1 aliphatic carbocycles. The first-order chi connectivity index (χ1) is 13.7. The molecule has 0 aromatic carbocycles. The third-order valence-corrected chi connectivity index (χ3v) is 6.00. The van der Waals surface area contributed by atoms with E-state index in [2.05, 4.69) is 14.8 Å². The van der Waals surface area contributed by atoms with E-state index in [9.17, 15) is 4.79 Å². The molecular formula is C20H24N4O3S. The molecule has 0 saturated heterocycles. The molecule has 0 radical (unpaired) electrons. The Morgan fingerprint density at radius 3 is 2.68 bits per heavy atom. The Labute approximate surface area is 168 Å². The molecule has 1 fully saturated rings. The van der Waals surface area contributed by atoms with Crippen LogP contribution in [0.2, 0.25) is 0 Å². The topological polar surface area (TPSA) is 77.3 Å². The minimum Gasteiger partial charge on any atom is -0.467 e. The highest BCUT2D eigenvalue weighted by molar-refractivity contribution is 7.99. The van der Waals surface area contributed by atoms with E-state index in [4.69, 9.17) is 8.83 Å². The Morgan fingerprint density at radius 2 is 1.96 bits per heavy atom. The second-order valence-corrected chi connectivity index (χ2v) is 8.01. The number of hydrogen-bond donors (Lipinski definition) is 0. The number of furan rings is 2. The summed E-state index contributed by atoms with van der Waals surface area (Å²) in [5.74, 6) is 2.56. The summed E-state index contributed by atoms with van der Waals surface area (Å²) in [7, 11) is 1.78. The first kappa shape index (κ1) is 18.9. The van der Waals surface area contributed by atoms with Crippen molar-refractivity contribution >= 4 is 17.7 Å². The minimum absolute atomic E-state index is 0.0270. The van der Waals surface area contributed by atoms with Gasteiger partial charge >= 0.3 is 0 Å². The molecule has 8 heteroatoms. The van der Waals surface area contributed by atoms with Crippen molar-refractivity contribution in [2.75, 3.05) is 12.8 Å². The van der Waals surface area contributed by atoms with E-state index in [0.717, 1.165) is 29.6 Å². The van der Waals surface area contributed by atoms with Gasteiger partial charge in [-0.1, -0.05) is 31.0 Å². The maximum atomic E-state index is 12.6. The maximum Gasteiger partial charge on any atom is 0.233 e. The molecule has 0 unspecified atom stereocenters. The number of hydrogen-bond acceptors (Lipinski definition) is 6. The molecule has 0 aliphatic heterocycles. The molecule has 1 saturated carbocycles. The van der Waals surface area contributed by atoms with Gasteiger partial charge in [-0.05, 0) is 37.1 Å². The molecule has 1 amide bonds. The van der Waals surface area contributed by atoms with Crippen LogP contribution in [0.15, 0.2) is 50.8 Å². The summed E-state index contributed by atoms with van der Waals surface area (Å²) in [6.07, 6.45) is 9.15. The van der Waals surface area contributed by atoms with E-state index >= 15 is 0 Å². The quantitative estimate of drug-likeness (QED) is 0.548. The molecule has 28 heavy (non-hydrogen) atoms. The summed E-state index contributed by atoms with van der Waals surface area (Å²) in [6.45, 7) is 0.458. The highest BCUT2D eigenvalue weighted by Gasteiger charge is 2.25. The SMILES string of the molecule is CN(Cc1ccco1)C(=O)CSc1nnc(-c2ccco2)n1C1CCCCC1. The van der Waals surface area contributed by atoms with Crippen LogP contribution in [0.3, 0.4) is 0 Å². The number of aromatic nitrogens is 3. The lowest BCUT2D eigenvalue weighted by atomic mass is 9.95. The van der Waals surface area contributed by atoms with Crippen LogP contribution in [0.4, 0.5) is 0 Å². The lowest BCUT2D eigenvalue weighted by Crippen LogP contribution is -2.27. The van der Waals surface area contributed by atoms with Gasteiger partial charge in [0, 0.05) is 13.1 Å². The van der Waals surface area contributed by atoms with Gasteiger partial charge in [-0.3, -0.25) is 9.36 Å². The molecule has 0 spiro atoms. The van der Waals surface area contributed by atoms with Crippen LogP contribution in [-0.2, 0) is 11.3 Å². The fraction of sp³-hybridized carbons (Fsp3) is 0.450. The first-order valence-electron chi connectivity index (χ1n) is 9.60. The average molecular weight is 401 g/mol. The molecule has 0 atom stereocenters. The predicted molar refractivity (Wildman–Crippen MR) is 106 cm³/mol. The highest BCUT2D eigenvalue weighted by Crippen LogP contribution is 2.35. The van der Waals surface area contributed by atoms with Crippen molar-refractivity contribution < 1.29 is 13.6 Å². The molecule has 0 bridgehead atoms. The largest absolute Gasteiger partial charge is 0.467 e. The van der Waals surface area contributed by atoms with Crippen LogP contribution in [-0.4, -0.2) is 38.4 Å². The molecule has 3 heterocycles. The standard InChI is InChI=1S/C20H24N4O3S/c1-23(13-16-9-5-11-26-16)18(25)14-28-20-22-21-19(17-10-6-12-27-17)24(20)15-7-3-2-4-8-15/h5-6,9-12,15H,2-4,7-8,13-14H2,1H3. The number of amides is 1. The number of carbonyl (C=O) groups excluding carboxylic acids is 1. The molecule has 1 aliphatic rings. The van der Waals surface area contributed by atoms with Crippen LogP contribution in [0.25, 0.3) is 11.6 Å². The van der Waals surface area contributed by atoms with Crippen LogP contribution in [0, 0.1) is 0 Å². The predicted octanol–water partition coefficient (Wildman–Crippen LogP) is 4.39. The van der Waals surface area contributed by atoms with Crippen LogP contribution in [0.1, 0.15) is 43.9 Å². The Kier molecular flexibility index (Phi) is 5.85. The zero-order valence-corrected chi connectivity index (χ0v) is 16.7. The Balaban J connectivity index is 1.48. The highest BCUT2D eigenvalue weighted by atomic mass is 32.2. The van der Waals surface area contributed by atoms with E-state index in [1.54, 1.807) is 24.5 Å². The molecular weight excluding hydrogens is 376 g/mol. The van der Waals surface area contributed by atoms with E-state index < -0.39 is 0 Å². The van der Waals surface area contributed by atoms with Gasteiger partial charge in [-0.2, -0.15) is 0 Å². The van der Waals surface area contributed by atoms with E-state index in [1.807, 2.05) is 24.3 Å². The number of thioether (sulfide) groups is 1. The minimum atomic E-state index is 0.0270. The van der Waals surface area contributed by atoms with Crippen molar-refractivity contribution in [1.82, 2.24) is 19.7 Å². The summed E-state index contributed by atoms with van der Waals surface area (Å²) < 4.78 is 13.1. The normalized spacial score (nSPS) is 15.0. The molecule has 4 rings (SSSR count). The number of carbonyl (C=O) groups is 1. The summed E-state index contributed by atoms with van der Waals surface area (Å²) in [4.78, 5) is 14.2. The Bertz CT molecular complexity index is 883. The van der Waals surface area contributed by atoms with Gasteiger partial charge in [0.05, 0.1) is 24.8 Å². The molecule has 148 valence electrons. The lowest BCUT2D eigenvalue weighted by molar-refractivity contribution is -0.127. The van der Waals surface area contributed by atoms with E-state index in [0.29, 0.717) is 24.1 Å². The fourth-order valence-corrected chi connectivity index (χ4v) is 4.52. The van der Waals surface area contributed by atoms with Gasteiger partial charge in [0.15, 0.2) is 10.9 Å². The van der Waals surface area contributed by atoms with Crippen molar-refractivity contribution in [3.63, 3.8) is 0 Å². The molecule has 3 aromatic rings. The molecule has 7 nitrogen and oxygen atoms in total. The second-order valence-electron chi connectivity index (χ2n) is 7.06. The van der Waals surface area contributed by atoms with Gasteiger partial charge in [-0.25, -0.2) is 0 Å². The van der Waals surface area contributed by atoms with E-state index in [1.165, 1.54) is 31.0 Å². The third kappa shape index (κ3) is 4.16. The van der Waals surface area contributed by atoms with Crippen molar-refractivity contribution in [2.45, 2.75) is 49.8 Å². The van der Waals surface area contributed by atoms with Gasteiger partial charge in [0.25, 0.3) is 0 Å². The summed E-state index contributed by atoms with van der Waals surface area (Å²) >= 11 is 1.43. The molecule has 3 aromatic heterocycles. The van der Waals surface area contributed by atoms with Crippen molar-refractivity contribution in [3.05, 3.63) is 42.6 Å². The summed E-state index contributed by atoms with van der Waals surface area (Å²) in [5.41, 5.74) is 0. The van der Waals surface area contributed by atoms with Gasteiger partial charge in [-0.15, -0.1) is 10.2 Å². The van der Waals surface area contributed by atoms with Gasteiger partial charge in [0.2, 0.25) is 11.7 Å². The average Bonchev–Trinajstić information content (AvgIpc) is 3.47. The summed E-state index contributed by atoms with van der Waals surface area (Å²) in [6, 6.07) is 7.80. The number of nitrogens with zero attached hydrogens (tertiary/aromatic N) is 4. The monoisotopic (exact) mass is 400 g/mol. The Morgan fingerprint density at radius 1 is 1.18 bits per heavy atom. The summed E-state index contributed by atoms with van der Waals surface area (Å²) in [5, 5.41) is 9.53. The zero-order chi connectivity index (χ0) is 19.3. The van der Waals surface area contributed by atoms with Crippen molar-refractivity contribution in [2.24, 2.45) is 0 Å². The third-order valence-electron chi connectivity index (χ3n) is 5.07. The zero-order valence-electron chi connectivity index (χ0n) is 15.9. The second kappa shape index (κ2) is 8.68. The Hall–Kier alpha value is -2.48. The number of rotatable bonds is 7. The van der Waals surface area contributed by atoms with Crippen molar-refractivity contribution in [3.8, 4) is 11.6 Å². The smallest absolute Gasteiger partial charge is 0.233 e. The molecule has 0 N–H and O–H groups in total.